The summed E-state index contributed by atoms with van der Waals surface area (Å²) in [5, 5.41) is 8.01. The van der Waals surface area contributed by atoms with Crippen LogP contribution in [-0.4, -0.2) is 10.1 Å². The molecule has 2 rings (SSSR count). The number of nitrogens with zero attached hydrogens (tertiary/aromatic N) is 2. The fourth-order valence-corrected chi connectivity index (χ4v) is 2.12. The molecule has 0 amide bonds. The fraction of sp³-hybridized carbons (Fsp3) is 0.455. The summed E-state index contributed by atoms with van der Waals surface area (Å²) in [6.45, 7) is 5.94. The van der Waals surface area contributed by atoms with Gasteiger partial charge in [0, 0.05) is 5.38 Å². The van der Waals surface area contributed by atoms with Crippen LogP contribution in [0.5, 0.6) is 0 Å². The van der Waals surface area contributed by atoms with Gasteiger partial charge in [0.25, 0.3) is 5.89 Å². The van der Waals surface area contributed by atoms with E-state index in [1.54, 1.807) is 11.3 Å². The van der Waals surface area contributed by atoms with Gasteiger partial charge in [-0.1, -0.05) is 12.1 Å². The summed E-state index contributed by atoms with van der Waals surface area (Å²) >= 11 is 1.62. The Hall–Kier alpha value is -1.20. The lowest BCUT2D eigenvalue weighted by Crippen LogP contribution is -2.33. The Balaban J connectivity index is 2.37. The molecule has 16 heavy (non-hydrogen) atoms. The Morgan fingerprint density at radius 2 is 2.25 bits per heavy atom. The van der Waals surface area contributed by atoms with Crippen LogP contribution in [0.15, 0.2) is 15.3 Å². The van der Waals surface area contributed by atoms with Crippen molar-refractivity contribution in [1.82, 2.24) is 10.1 Å². The van der Waals surface area contributed by atoms with Gasteiger partial charge in [0.05, 0.1) is 11.1 Å². The first-order valence-corrected chi connectivity index (χ1v) is 6.15. The third kappa shape index (κ3) is 1.88. The highest BCUT2D eigenvalue weighted by molar-refractivity contribution is 7.08. The second kappa shape index (κ2) is 3.99. The van der Waals surface area contributed by atoms with Crippen LogP contribution in [0.25, 0.3) is 11.5 Å². The number of thiophene rings is 1. The van der Waals surface area contributed by atoms with Crippen molar-refractivity contribution in [2.75, 3.05) is 0 Å². The van der Waals surface area contributed by atoms with Gasteiger partial charge in [0.15, 0.2) is 5.82 Å². The average Bonchev–Trinajstić information content (AvgIpc) is 2.85. The summed E-state index contributed by atoms with van der Waals surface area (Å²) in [6, 6.07) is 0. The zero-order valence-electron chi connectivity index (χ0n) is 9.65. The Kier molecular flexibility index (Phi) is 2.82. The van der Waals surface area contributed by atoms with Crippen molar-refractivity contribution in [3.8, 4) is 11.5 Å². The molecule has 0 fully saturated rings. The van der Waals surface area contributed by atoms with Crippen LogP contribution < -0.4 is 5.73 Å². The maximum Gasteiger partial charge on any atom is 0.259 e. The topological polar surface area (TPSA) is 64.9 Å². The van der Waals surface area contributed by atoms with Gasteiger partial charge in [-0.3, -0.25) is 0 Å². The molecule has 4 nitrogen and oxygen atoms in total. The first-order chi connectivity index (χ1) is 7.54. The summed E-state index contributed by atoms with van der Waals surface area (Å²) in [5.74, 6) is 1.12. The molecule has 1 atom stereocenters. The van der Waals surface area contributed by atoms with Gasteiger partial charge in [0.2, 0.25) is 0 Å². The van der Waals surface area contributed by atoms with Crippen LogP contribution in [-0.2, 0) is 5.54 Å². The minimum absolute atomic E-state index is 0.522. The minimum Gasteiger partial charge on any atom is -0.334 e. The van der Waals surface area contributed by atoms with E-state index in [1.165, 1.54) is 0 Å². The molecule has 2 aromatic heterocycles. The highest BCUT2D eigenvalue weighted by Crippen LogP contribution is 2.27. The molecule has 0 radical (unpaired) electrons. The molecule has 2 N–H and O–H groups in total. The number of nitrogens with two attached hydrogens (primary N) is 1. The Morgan fingerprint density at radius 1 is 1.50 bits per heavy atom. The van der Waals surface area contributed by atoms with E-state index in [0.29, 0.717) is 11.7 Å². The van der Waals surface area contributed by atoms with Crippen LogP contribution in [0.2, 0.25) is 0 Å². The standard InChI is InChI=1S/C11H15N3OS/c1-4-11(3,12)10-13-9(15-14-10)8-6-16-5-7(8)2/h5-6H,4,12H2,1-3H3. The maximum absolute atomic E-state index is 6.06. The SMILES string of the molecule is CCC(C)(N)c1noc(-c2cscc2C)n1. The summed E-state index contributed by atoms with van der Waals surface area (Å²) in [4.78, 5) is 4.36. The zero-order chi connectivity index (χ0) is 11.8. The van der Waals surface area contributed by atoms with E-state index in [1.807, 2.05) is 26.2 Å². The molecular formula is C11H15N3OS. The van der Waals surface area contributed by atoms with Gasteiger partial charge in [-0.05, 0) is 31.2 Å². The summed E-state index contributed by atoms with van der Waals surface area (Å²) < 4.78 is 5.24. The van der Waals surface area contributed by atoms with Crippen LogP contribution in [0.3, 0.4) is 0 Å². The molecule has 1 unspecified atom stereocenters. The van der Waals surface area contributed by atoms with E-state index < -0.39 is 5.54 Å². The largest absolute Gasteiger partial charge is 0.334 e. The number of hydrogen-bond donors (Lipinski definition) is 1. The molecule has 0 aliphatic carbocycles. The lowest BCUT2D eigenvalue weighted by atomic mass is 10.00. The van der Waals surface area contributed by atoms with Crippen molar-refractivity contribution in [2.45, 2.75) is 32.7 Å². The second-order valence-electron chi connectivity index (χ2n) is 4.16. The van der Waals surface area contributed by atoms with E-state index in [4.69, 9.17) is 10.3 Å². The maximum atomic E-state index is 6.06. The molecular weight excluding hydrogens is 222 g/mol. The zero-order valence-corrected chi connectivity index (χ0v) is 10.5. The minimum atomic E-state index is -0.522. The van der Waals surface area contributed by atoms with Crippen molar-refractivity contribution >= 4 is 11.3 Å². The van der Waals surface area contributed by atoms with Gasteiger partial charge in [0.1, 0.15) is 0 Å². The van der Waals surface area contributed by atoms with E-state index in [9.17, 15) is 0 Å². The van der Waals surface area contributed by atoms with E-state index >= 15 is 0 Å². The molecule has 2 heterocycles. The molecule has 0 aliphatic rings. The molecule has 0 spiro atoms. The normalized spacial score (nSPS) is 15.0. The summed E-state index contributed by atoms with van der Waals surface area (Å²) in [6.07, 6.45) is 0.772. The molecule has 5 heteroatoms. The van der Waals surface area contributed by atoms with E-state index in [-0.39, 0.29) is 0 Å². The predicted molar refractivity (Wildman–Crippen MR) is 64.2 cm³/mol. The molecule has 0 saturated carbocycles. The molecule has 0 saturated heterocycles. The Labute approximate surface area is 98.5 Å². The monoisotopic (exact) mass is 237 g/mol. The Bertz CT molecular complexity index is 487. The predicted octanol–water partition coefficient (Wildman–Crippen LogP) is 2.69. The lowest BCUT2D eigenvalue weighted by molar-refractivity contribution is 0.379. The van der Waals surface area contributed by atoms with Gasteiger partial charge in [-0.2, -0.15) is 16.3 Å². The van der Waals surface area contributed by atoms with E-state index in [2.05, 4.69) is 15.5 Å². The van der Waals surface area contributed by atoms with E-state index in [0.717, 1.165) is 17.5 Å². The van der Waals surface area contributed by atoms with Gasteiger partial charge >= 0.3 is 0 Å². The first kappa shape index (κ1) is 11.3. The smallest absolute Gasteiger partial charge is 0.259 e. The number of aryl methyl sites for hydroxylation is 1. The number of aromatic nitrogens is 2. The van der Waals surface area contributed by atoms with Crippen LogP contribution in [0.4, 0.5) is 0 Å². The third-order valence-corrected chi connectivity index (χ3v) is 3.62. The highest BCUT2D eigenvalue weighted by Gasteiger charge is 2.25. The first-order valence-electron chi connectivity index (χ1n) is 5.21. The molecule has 2 aromatic rings. The van der Waals surface area contributed by atoms with Crippen LogP contribution >= 0.6 is 11.3 Å². The number of hydrogen-bond acceptors (Lipinski definition) is 5. The lowest BCUT2D eigenvalue weighted by Gasteiger charge is -2.16. The molecule has 0 aromatic carbocycles. The van der Waals surface area contributed by atoms with Gasteiger partial charge in [-0.15, -0.1) is 0 Å². The van der Waals surface area contributed by atoms with Crippen molar-refractivity contribution in [2.24, 2.45) is 5.73 Å². The van der Waals surface area contributed by atoms with Crippen molar-refractivity contribution < 1.29 is 4.52 Å². The molecule has 86 valence electrons. The van der Waals surface area contributed by atoms with Gasteiger partial charge in [-0.25, -0.2) is 0 Å². The summed E-state index contributed by atoms with van der Waals surface area (Å²) in [5.41, 5.74) is 7.68. The highest BCUT2D eigenvalue weighted by atomic mass is 32.1. The molecule has 0 bridgehead atoms. The molecule has 0 aliphatic heterocycles. The van der Waals surface area contributed by atoms with Crippen molar-refractivity contribution in [3.05, 3.63) is 22.1 Å². The Morgan fingerprint density at radius 3 is 2.81 bits per heavy atom. The van der Waals surface area contributed by atoms with Gasteiger partial charge < -0.3 is 10.3 Å². The van der Waals surface area contributed by atoms with Crippen molar-refractivity contribution in [3.63, 3.8) is 0 Å². The third-order valence-electron chi connectivity index (χ3n) is 2.76. The summed E-state index contributed by atoms with van der Waals surface area (Å²) in [7, 11) is 0. The fourth-order valence-electron chi connectivity index (χ4n) is 1.30. The second-order valence-corrected chi connectivity index (χ2v) is 4.91. The number of rotatable bonds is 3. The van der Waals surface area contributed by atoms with Crippen LogP contribution in [0, 0.1) is 6.92 Å². The van der Waals surface area contributed by atoms with Crippen molar-refractivity contribution in [1.29, 1.82) is 0 Å². The quantitative estimate of drug-likeness (QED) is 0.891. The van der Waals surface area contributed by atoms with Crippen LogP contribution in [0.1, 0.15) is 31.7 Å². The average molecular weight is 237 g/mol.